The van der Waals surface area contributed by atoms with Crippen molar-refractivity contribution >= 4 is 17.4 Å². The van der Waals surface area contributed by atoms with Crippen LogP contribution in [0.15, 0.2) is 71.7 Å². The van der Waals surface area contributed by atoms with E-state index in [1.165, 1.54) is 21.6 Å². The van der Waals surface area contributed by atoms with Gasteiger partial charge in [0.2, 0.25) is 0 Å². The second kappa shape index (κ2) is 5.59. The van der Waals surface area contributed by atoms with Crippen LogP contribution in [0.2, 0.25) is 0 Å². The molecule has 2 atom stereocenters. The van der Waals surface area contributed by atoms with Crippen LogP contribution in [0.25, 0.3) is 11.1 Å². The highest BCUT2D eigenvalue weighted by Gasteiger charge is 2.41. The number of anilines is 1. The van der Waals surface area contributed by atoms with Gasteiger partial charge in [-0.05, 0) is 30.2 Å². The molecule has 0 amide bonds. The van der Waals surface area contributed by atoms with E-state index in [0.29, 0.717) is 12.6 Å². The summed E-state index contributed by atoms with van der Waals surface area (Å²) in [6, 6.07) is 15.1. The molecule has 1 aliphatic carbocycles. The topological polar surface area (TPSA) is 38.0 Å². The quantitative estimate of drug-likeness (QED) is 0.801. The van der Waals surface area contributed by atoms with Crippen molar-refractivity contribution in [2.45, 2.75) is 22.5 Å². The number of fused-ring (bicyclic) bond motifs is 3. The van der Waals surface area contributed by atoms with Crippen molar-refractivity contribution < 1.29 is 0 Å². The lowest BCUT2D eigenvalue weighted by Crippen LogP contribution is -2.22. The molecule has 0 saturated carbocycles. The van der Waals surface area contributed by atoms with Crippen LogP contribution in [0.4, 0.5) is 5.69 Å². The van der Waals surface area contributed by atoms with E-state index in [0.717, 1.165) is 5.69 Å². The van der Waals surface area contributed by atoms with Gasteiger partial charge in [0.1, 0.15) is 0 Å². The number of thioether (sulfide) groups is 1. The van der Waals surface area contributed by atoms with Crippen LogP contribution < -0.4 is 11.1 Å². The Morgan fingerprint density at radius 3 is 2.78 bits per heavy atom. The maximum atomic E-state index is 5.76. The fourth-order valence-corrected chi connectivity index (χ4v) is 4.94. The minimum atomic E-state index is 0.117. The lowest BCUT2D eigenvalue weighted by molar-refractivity contribution is 0.702. The third-order valence-corrected chi connectivity index (χ3v) is 6.05. The number of benzene rings is 2. The molecule has 3 N–H and O–H groups in total. The number of allylic oxidation sites excluding steroid dienone is 3. The van der Waals surface area contributed by atoms with E-state index in [2.05, 4.69) is 79.0 Å². The van der Waals surface area contributed by atoms with Crippen LogP contribution in [-0.4, -0.2) is 11.4 Å². The molecule has 116 valence electrons. The van der Waals surface area contributed by atoms with Crippen molar-refractivity contribution in [1.29, 1.82) is 0 Å². The Morgan fingerprint density at radius 1 is 1.17 bits per heavy atom. The zero-order valence-electron chi connectivity index (χ0n) is 13.1. The molecule has 4 rings (SSSR count). The van der Waals surface area contributed by atoms with Crippen LogP contribution >= 0.6 is 11.8 Å². The normalized spacial score (nSPS) is 24.3. The van der Waals surface area contributed by atoms with E-state index in [4.69, 9.17) is 5.73 Å². The van der Waals surface area contributed by atoms with Crippen molar-refractivity contribution in [3.05, 3.63) is 72.3 Å². The van der Waals surface area contributed by atoms with Gasteiger partial charge in [-0.15, -0.1) is 11.8 Å². The van der Waals surface area contributed by atoms with E-state index in [1.807, 2.05) is 11.8 Å². The van der Waals surface area contributed by atoms with E-state index >= 15 is 0 Å². The largest absolute Gasteiger partial charge is 0.372 e. The molecule has 23 heavy (non-hydrogen) atoms. The Morgan fingerprint density at radius 2 is 2.00 bits per heavy atom. The molecule has 3 heteroatoms. The lowest BCUT2D eigenvalue weighted by atomic mass is 9.83. The molecule has 0 spiro atoms. The van der Waals surface area contributed by atoms with Gasteiger partial charge in [-0.25, -0.2) is 0 Å². The summed E-state index contributed by atoms with van der Waals surface area (Å²) >= 11 is 1.95. The first-order chi connectivity index (χ1) is 11.2. The number of hydrogen-bond donors (Lipinski definition) is 2. The number of nitrogens with two attached hydrogens (primary N) is 1. The molecule has 0 fully saturated rings. The van der Waals surface area contributed by atoms with Crippen LogP contribution in [0.1, 0.15) is 18.4 Å². The number of nitrogens with one attached hydrogen (secondary N) is 1. The Labute approximate surface area is 141 Å². The van der Waals surface area contributed by atoms with E-state index < -0.39 is 0 Å². The minimum Gasteiger partial charge on any atom is -0.372 e. The third-order valence-electron chi connectivity index (χ3n) is 4.65. The van der Waals surface area contributed by atoms with Crippen molar-refractivity contribution in [1.82, 2.24) is 0 Å². The molecule has 0 radical (unpaired) electrons. The smallest absolute Gasteiger partial charge is 0.0628 e. The Hall–Kier alpha value is -1.97. The van der Waals surface area contributed by atoms with Gasteiger partial charge in [0.15, 0.2) is 0 Å². The first kappa shape index (κ1) is 14.6. The molecule has 0 bridgehead atoms. The Kier molecular flexibility index (Phi) is 3.55. The van der Waals surface area contributed by atoms with Gasteiger partial charge in [0.25, 0.3) is 0 Å². The van der Waals surface area contributed by atoms with E-state index in [1.54, 1.807) is 0 Å². The van der Waals surface area contributed by atoms with Crippen LogP contribution in [0, 0.1) is 0 Å². The first-order valence-electron chi connectivity index (χ1n) is 7.93. The lowest BCUT2D eigenvalue weighted by Gasteiger charge is -2.27. The predicted octanol–water partition coefficient (Wildman–Crippen LogP) is 4.76. The summed E-state index contributed by atoms with van der Waals surface area (Å²) in [5.41, 5.74) is 10.7. The van der Waals surface area contributed by atoms with Crippen molar-refractivity contribution in [2.24, 2.45) is 5.73 Å². The predicted molar refractivity (Wildman–Crippen MR) is 99.8 cm³/mol. The first-order valence-corrected chi connectivity index (χ1v) is 8.75. The summed E-state index contributed by atoms with van der Waals surface area (Å²) in [6.07, 6.45) is 8.97. The molecule has 0 saturated heterocycles. The van der Waals surface area contributed by atoms with E-state index in [-0.39, 0.29) is 4.75 Å². The van der Waals surface area contributed by atoms with Gasteiger partial charge in [0.05, 0.1) is 6.67 Å². The summed E-state index contributed by atoms with van der Waals surface area (Å²) in [6.45, 7) is 2.75. The number of hydrogen-bond acceptors (Lipinski definition) is 3. The summed E-state index contributed by atoms with van der Waals surface area (Å²) in [4.78, 5) is 1.35. The fraction of sp³-hybridized carbons (Fsp3) is 0.200. The maximum absolute atomic E-state index is 5.76. The highest BCUT2D eigenvalue weighted by Crippen LogP contribution is 2.57. The van der Waals surface area contributed by atoms with Crippen LogP contribution in [0.5, 0.6) is 0 Å². The van der Waals surface area contributed by atoms with Crippen LogP contribution in [0.3, 0.4) is 0 Å². The molecule has 2 nitrogen and oxygen atoms in total. The van der Waals surface area contributed by atoms with Crippen molar-refractivity contribution in [3.63, 3.8) is 0 Å². The van der Waals surface area contributed by atoms with Crippen molar-refractivity contribution in [2.75, 3.05) is 12.0 Å². The van der Waals surface area contributed by atoms with Gasteiger partial charge in [0, 0.05) is 26.8 Å². The summed E-state index contributed by atoms with van der Waals surface area (Å²) in [5, 5.41) is 3.33. The summed E-state index contributed by atoms with van der Waals surface area (Å²) in [5.74, 6) is 0.432. The molecule has 2 aromatic carbocycles. The highest BCUT2D eigenvalue weighted by atomic mass is 32.2. The second-order valence-electron chi connectivity index (χ2n) is 6.19. The molecule has 1 aliphatic heterocycles. The number of rotatable bonds is 3. The summed E-state index contributed by atoms with van der Waals surface area (Å²) < 4.78 is 0.117. The standard InChI is InChI=1S/C20H20N2S/c1-20-10-6-5-9-17(20)16-11-15(14-7-3-2-4-8-14)18(22-13-21)12-19(16)23-20/h2-12,17,22H,13,21H2,1H3. The second-order valence-corrected chi connectivity index (χ2v) is 7.71. The zero-order chi connectivity index (χ0) is 15.9. The molecular weight excluding hydrogens is 300 g/mol. The molecule has 1 heterocycles. The Balaban J connectivity index is 1.88. The molecule has 2 aliphatic rings. The zero-order valence-corrected chi connectivity index (χ0v) is 13.9. The monoisotopic (exact) mass is 320 g/mol. The van der Waals surface area contributed by atoms with Gasteiger partial charge in [-0.3, -0.25) is 0 Å². The van der Waals surface area contributed by atoms with Gasteiger partial charge in [-0.1, -0.05) is 54.6 Å². The Bertz CT molecular complexity index is 795. The van der Waals surface area contributed by atoms with Crippen molar-refractivity contribution in [3.8, 4) is 11.1 Å². The SMILES string of the molecule is CC12C=CC=CC1c1cc(-c3ccccc3)c(NCN)cc1S2. The van der Waals surface area contributed by atoms with E-state index in [9.17, 15) is 0 Å². The minimum absolute atomic E-state index is 0.117. The average molecular weight is 320 g/mol. The fourth-order valence-electron chi connectivity index (χ4n) is 3.50. The molecule has 2 aromatic rings. The van der Waals surface area contributed by atoms with Gasteiger partial charge >= 0.3 is 0 Å². The molecular formula is C20H20N2S. The molecule has 0 aromatic heterocycles. The van der Waals surface area contributed by atoms with Crippen LogP contribution in [-0.2, 0) is 0 Å². The molecule has 2 unspecified atom stereocenters. The van der Waals surface area contributed by atoms with Gasteiger partial charge in [-0.2, -0.15) is 0 Å². The third kappa shape index (κ3) is 2.41. The average Bonchev–Trinajstić information content (AvgIpc) is 2.86. The maximum Gasteiger partial charge on any atom is 0.0628 e. The van der Waals surface area contributed by atoms with Gasteiger partial charge < -0.3 is 11.1 Å². The summed E-state index contributed by atoms with van der Waals surface area (Å²) in [7, 11) is 0. The highest BCUT2D eigenvalue weighted by molar-refractivity contribution is 8.01.